The van der Waals surface area contributed by atoms with Crippen LogP contribution in [0.1, 0.15) is 22.8 Å². The van der Waals surface area contributed by atoms with Gasteiger partial charge in [-0.2, -0.15) is 0 Å². The van der Waals surface area contributed by atoms with Crippen molar-refractivity contribution in [2.45, 2.75) is 25.2 Å². The monoisotopic (exact) mass is 462 g/mol. The zero-order valence-electron chi connectivity index (χ0n) is 18.8. The molecule has 2 aromatic carbocycles. The Morgan fingerprint density at radius 1 is 0.912 bits per heavy atom. The number of ketones is 1. The Hall–Kier alpha value is -3.72. The Morgan fingerprint density at radius 2 is 1.62 bits per heavy atom. The molecule has 6 unspecified atom stereocenters. The smallest absolute Gasteiger partial charge is 0.240 e. The summed E-state index contributed by atoms with van der Waals surface area (Å²) in [6.45, 7) is 1.47. The molecule has 2 amide bonds. The molecule has 0 aromatic heterocycles. The Labute approximate surface area is 195 Å². The van der Waals surface area contributed by atoms with E-state index < -0.39 is 30.1 Å². The van der Waals surface area contributed by atoms with Crippen molar-refractivity contribution in [2.75, 3.05) is 19.1 Å². The van der Waals surface area contributed by atoms with Gasteiger partial charge in [-0.1, -0.05) is 5.16 Å². The number of Topliss-reactive ketones (excluding diaryl/α,β-unsaturated/α-hetero) is 1. The molecule has 3 fully saturated rings. The highest BCUT2D eigenvalue weighted by Crippen LogP contribution is 2.55. The van der Waals surface area contributed by atoms with E-state index in [9.17, 15) is 14.4 Å². The molecule has 0 N–H and O–H groups in total. The molecule has 9 heteroatoms. The van der Waals surface area contributed by atoms with Gasteiger partial charge in [0.2, 0.25) is 11.8 Å². The third kappa shape index (κ3) is 2.70. The lowest BCUT2D eigenvalue weighted by Gasteiger charge is -2.26. The van der Waals surface area contributed by atoms with Gasteiger partial charge in [0.1, 0.15) is 23.3 Å². The van der Waals surface area contributed by atoms with E-state index >= 15 is 0 Å². The summed E-state index contributed by atoms with van der Waals surface area (Å²) in [6.07, 6.45) is -1.56. The van der Waals surface area contributed by atoms with Crippen LogP contribution in [0.4, 0.5) is 5.69 Å². The molecule has 6 atom stereocenters. The second-order valence-corrected chi connectivity index (χ2v) is 8.87. The number of carbonyl (C=O) groups is 3. The minimum absolute atomic E-state index is 0.0836. The first-order valence-electron chi connectivity index (χ1n) is 11.0. The highest BCUT2D eigenvalue weighted by Gasteiger charge is 2.72. The molecule has 4 aliphatic rings. The number of amides is 2. The average Bonchev–Trinajstić information content (AvgIpc) is 3.59. The maximum absolute atomic E-state index is 13.5. The highest BCUT2D eigenvalue weighted by molar-refractivity contribution is 6.23. The molecule has 3 saturated heterocycles. The van der Waals surface area contributed by atoms with E-state index in [1.54, 1.807) is 50.6 Å². The van der Waals surface area contributed by atoms with Crippen molar-refractivity contribution >= 4 is 29.0 Å². The van der Waals surface area contributed by atoms with Crippen molar-refractivity contribution < 1.29 is 33.4 Å². The molecule has 2 aromatic rings. The normalized spacial score (nSPS) is 30.7. The largest absolute Gasteiger partial charge is 0.497 e. The van der Waals surface area contributed by atoms with Crippen molar-refractivity contribution in [3.05, 3.63) is 53.6 Å². The van der Waals surface area contributed by atoms with Gasteiger partial charge in [0.25, 0.3) is 0 Å². The van der Waals surface area contributed by atoms with Crippen molar-refractivity contribution in [2.24, 2.45) is 22.9 Å². The minimum Gasteiger partial charge on any atom is -0.497 e. The van der Waals surface area contributed by atoms with Gasteiger partial charge in [0.15, 0.2) is 11.9 Å². The summed E-state index contributed by atoms with van der Waals surface area (Å²) in [5.74, 6) is -1.03. The van der Waals surface area contributed by atoms with E-state index in [2.05, 4.69) is 5.16 Å². The second-order valence-electron chi connectivity index (χ2n) is 8.87. The third-order valence-corrected chi connectivity index (χ3v) is 7.26. The first kappa shape index (κ1) is 20.9. The quantitative estimate of drug-likeness (QED) is 0.496. The fourth-order valence-corrected chi connectivity index (χ4v) is 5.69. The van der Waals surface area contributed by atoms with Crippen LogP contribution >= 0.6 is 0 Å². The molecule has 4 heterocycles. The van der Waals surface area contributed by atoms with Crippen LogP contribution in [0.15, 0.2) is 47.6 Å². The molecule has 0 spiro atoms. The molecular weight excluding hydrogens is 440 g/mol. The van der Waals surface area contributed by atoms with Crippen molar-refractivity contribution in [1.82, 2.24) is 0 Å². The molecule has 0 radical (unpaired) electrons. The van der Waals surface area contributed by atoms with E-state index in [-0.39, 0.29) is 23.5 Å². The molecule has 6 rings (SSSR count). The van der Waals surface area contributed by atoms with Crippen LogP contribution in [-0.2, 0) is 19.2 Å². The highest BCUT2D eigenvalue weighted by atomic mass is 16.7. The van der Waals surface area contributed by atoms with Gasteiger partial charge in [0.05, 0.1) is 43.8 Å². The topological polar surface area (TPSA) is 104 Å². The van der Waals surface area contributed by atoms with E-state index in [1.807, 2.05) is 6.07 Å². The number of carbonyl (C=O) groups excluding carboxylic acids is 3. The minimum atomic E-state index is -0.626. The van der Waals surface area contributed by atoms with Gasteiger partial charge >= 0.3 is 0 Å². The fourth-order valence-electron chi connectivity index (χ4n) is 5.69. The number of benzene rings is 2. The number of hydrogen-bond donors (Lipinski definition) is 0. The zero-order valence-corrected chi connectivity index (χ0v) is 18.8. The van der Waals surface area contributed by atoms with Crippen LogP contribution < -0.4 is 14.4 Å². The number of rotatable bonds is 5. The lowest BCUT2D eigenvalue weighted by molar-refractivity contribution is -0.125. The number of hydrogen-bond acceptors (Lipinski definition) is 8. The lowest BCUT2D eigenvalue weighted by Crippen LogP contribution is -2.45. The summed E-state index contributed by atoms with van der Waals surface area (Å²) < 4.78 is 17.0. The maximum Gasteiger partial charge on any atom is 0.240 e. The fraction of sp³-hybridized carbons (Fsp3) is 0.360. The van der Waals surface area contributed by atoms with Crippen molar-refractivity contribution in [1.29, 1.82) is 0 Å². The molecule has 4 aliphatic heterocycles. The first-order chi connectivity index (χ1) is 16.4. The number of imide groups is 1. The van der Waals surface area contributed by atoms with Crippen LogP contribution in [0.3, 0.4) is 0 Å². The van der Waals surface area contributed by atoms with E-state index in [0.29, 0.717) is 28.5 Å². The van der Waals surface area contributed by atoms with E-state index in [1.165, 1.54) is 11.8 Å². The van der Waals surface area contributed by atoms with Crippen molar-refractivity contribution in [3.63, 3.8) is 0 Å². The van der Waals surface area contributed by atoms with Gasteiger partial charge < -0.3 is 19.0 Å². The summed E-state index contributed by atoms with van der Waals surface area (Å²) >= 11 is 0. The predicted molar refractivity (Wildman–Crippen MR) is 119 cm³/mol. The van der Waals surface area contributed by atoms with Gasteiger partial charge in [-0.15, -0.1) is 0 Å². The number of fused-ring (bicyclic) bond motifs is 8. The predicted octanol–water partition coefficient (Wildman–Crippen LogP) is 2.21. The maximum atomic E-state index is 13.5. The van der Waals surface area contributed by atoms with Crippen LogP contribution in [0.25, 0.3) is 0 Å². The number of anilines is 1. The molecule has 34 heavy (non-hydrogen) atoms. The summed E-state index contributed by atoms with van der Waals surface area (Å²) in [5.41, 5.74) is 2.34. The summed E-state index contributed by atoms with van der Waals surface area (Å²) in [4.78, 5) is 45.4. The SMILES string of the molecule is COc1ccc(C2=NOC3C4OC(C23)C2C(=O)N(c3ccc(C(C)=O)cc3)C(=O)C42)c(OC)c1. The number of ether oxygens (including phenoxy) is 3. The number of oxime groups is 1. The molecule has 0 aliphatic carbocycles. The Morgan fingerprint density at radius 3 is 2.26 bits per heavy atom. The van der Waals surface area contributed by atoms with Gasteiger partial charge in [-0.25, -0.2) is 4.90 Å². The molecular formula is C25H22N2O7. The van der Waals surface area contributed by atoms with Crippen LogP contribution in [0.5, 0.6) is 11.5 Å². The summed E-state index contributed by atoms with van der Waals surface area (Å²) in [7, 11) is 3.14. The average molecular weight is 462 g/mol. The van der Waals surface area contributed by atoms with Crippen LogP contribution in [0, 0.1) is 17.8 Å². The molecule has 174 valence electrons. The molecule has 0 saturated carbocycles. The summed E-state index contributed by atoms with van der Waals surface area (Å²) in [6, 6.07) is 11.9. The number of nitrogens with zero attached hydrogens (tertiary/aromatic N) is 2. The summed E-state index contributed by atoms with van der Waals surface area (Å²) in [5, 5.41) is 4.32. The van der Waals surface area contributed by atoms with Crippen LogP contribution in [0.2, 0.25) is 0 Å². The Bertz CT molecular complexity index is 1250. The third-order valence-electron chi connectivity index (χ3n) is 7.26. The Balaban J connectivity index is 1.32. The van der Waals surface area contributed by atoms with Gasteiger partial charge in [-0.05, 0) is 43.3 Å². The Kier molecular flexibility index (Phi) is 4.54. The molecule has 9 nitrogen and oxygen atoms in total. The second kappa shape index (κ2) is 7.39. The standard InChI is InChI=1S/C25H22N2O7/c1-11(28)12-4-6-13(7-5-12)27-24(29)17-18(25(27)30)22-23-19(21(17)33-22)20(26-34-23)15-9-8-14(31-2)10-16(15)32-3/h4-10,17-19,21-23H,1-3H3. The van der Waals surface area contributed by atoms with E-state index in [4.69, 9.17) is 19.0 Å². The molecule has 2 bridgehead atoms. The lowest BCUT2D eigenvalue weighted by atomic mass is 9.71. The van der Waals surface area contributed by atoms with Crippen LogP contribution in [-0.4, -0.2) is 55.8 Å². The van der Waals surface area contributed by atoms with Gasteiger partial charge in [-0.3, -0.25) is 14.4 Å². The van der Waals surface area contributed by atoms with Crippen molar-refractivity contribution in [3.8, 4) is 11.5 Å². The number of methoxy groups -OCH3 is 2. The first-order valence-corrected chi connectivity index (χ1v) is 11.0. The zero-order chi connectivity index (χ0) is 23.7. The van der Waals surface area contributed by atoms with E-state index in [0.717, 1.165) is 5.56 Å². The van der Waals surface area contributed by atoms with Gasteiger partial charge in [0, 0.05) is 17.2 Å².